The molecule has 0 fully saturated rings. The number of amidine groups is 9. The lowest BCUT2D eigenvalue weighted by Gasteiger charge is -2.09. The van der Waals surface area contributed by atoms with Crippen LogP contribution in [0.2, 0.25) is 0 Å². The maximum absolute atomic E-state index is 13.2. The summed E-state index contributed by atoms with van der Waals surface area (Å²) in [5.41, 5.74) is 51.6. The minimum absolute atomic E-state index is 0.0139. The van der Waals surface area contributed by atoms with Gasteiger partial charge < -0.3 is 113 Å². The Labute approximate surface area is 742 Å². The number of hydrogen-bond acceptors (Lipinski definition) is 21. The lowest BCUT2D eigenvalue weighted by Crippen LogP contribution is -2.10. The summed E-state index contributed by atoms with van der Waals surface area (Å²) in [6.07, 6.45) is -3.93. The Hall–Kier alpha value is -13.9. The molecule has 0 saturated carbocycles. The smallest absolute Gasteiger partial charge is 0.164 e. The maximum Gasteiger partial charge on any atom is 0.164 e. The molecule has 30 nitrogen and oxygen atoms in total. The van der Waals surface area contributed by atoms with Crippen LogP contribution in [-0.4, -0.2) is 173 Å². The number of phenols is 6. The second kappa shape index (κ2) is 61.5. The molecule has 9 aromatic rings. The van der Waals surface area contributed by atoms with Gasteiger partial charge in [-0.15, -0.1) is 0 Å². The van der Waals surface area contributed by atoms with Gasteiger partial charge in [0.1, 0.15) is 76.0 Å². The third kappa shape index (κ3) is 52.0. The molecule has 0 heterocycles. The van der Waals surface area contributed by atoms with Gasteiger partial charge in [0.15, 0.2) is 23.1 Å². The summed E-state index contributed by atoms with van der Waals surface area (Å²) in [6.45, 7) is 16.7. The Balaban J connectivity index is 0.000000726. The summed E-state index contributed by atoms with van der Waals surface area (Å²) in [6, 6.07) is 40.8. The van der Waals surface area contributed by atoms with Crippen LogP contribution in [0.5, 0.6) is 34.5 Å². The molecule has 0 amide bonds. The third-order valence-corrected chi connectivity index (χ3v) is 16.1. The number of phenolic OH excluding ortho intramolecular Hbond substituents is 6. The van der Waals surface area contributed by atoms with Crippen LogP contribution in [0.1, 0.15) is 149 Å². The largest absolute Gasteiger partial charge is 0.508 e. The van der Waals surface area contributed by atoms with Gasteiger partial charge in [0.05, 0.1) is 116 Å². The first-order valence-corrected chi connectivity index (χ1v) is 39.2. The Bertz CT molecular complexity index is 5110. The maximum atomic E-state index is 13.2. The molecule has 6 atom stereocenters. The predicted octanol–water partition coefficient (Wildman–Crippen LogP) is 10.9. The van der Waals surface area contributed by atoms with Crippen molar-refractivity contribution in [1.29, 1.82) is 0 Å². The van der Waals surface area contributed by atoms with E-state index < -0.39 is 83.0 Å². The molecule has 0 aromatic heterocycles. The van der Waals surface area contributed by atoms with Crippen LogP contribution in [0.3, 0.4) is 0 Å². The third-order valence-electron chi connectivity index (χ3n) is 16.1. The van der Waals surface area contributed by atoms with Gasteiger partial charge in [0.25, 0.3) is 0 Å². The van der Waals surface area contributed by atoms with Crippen molar-refractivity contribution in [2.24, 2.45) is 96.5 Å². The van der Waals surface area contributed by atoms with E-state index >= 15 is 0 Å². The number of halogens is 9. The second-order valence-corrected chi connectivity index (χ2v) is 27.9. The number of aliphatic hydroxyl groups excluding tert-OH is 6. The van der Waals surface area contributed by atoms with E-state index in [1.807, 2.05) is 6.07 Å². The summed E-state index contributed by atoms with van der Waals surface area (Å²) in [4.78, 5) is 34.8. The average molecular weight is 1810 g/mol. The average Bonchev–Trinajstić information content (AvgIpc) is 0.858. The summed E-state index contributed by atoms with van der Waals surface area (Å²) < 4.78 is 116. The van der Waals surface area contributed by atoms with Crippen LogP contribution < -0.4 is 51.6 Å². The minimum atomic E-state index is -1.10. The molecule has 0 aliphatic carbocycles. The Morgan fingerprint density at radius 2 is 0.628 bits per heavy atom. The van der Waals surface area contributed by atoms with Crippen LogP contribution >= 0.6 is 0 Å². The Morgan fingerprint density at radius 3 is 1.08 bits per heavy atom. The fraction of sp³-hybridized carbons (Fsp3) is 0.300. The van der Waals surface area contributed by atoms with Crippen molar-refractivity contribution in [3.05, 3.63) is 284 Å². The molecule has 0 radical (unpaired) electrons. The van der Waals surface area contributed by atoms with Crippen LogP contribution in [0.4, 0.5) is 39.5 Å². The summed E-state index contributed by atoms with van der Waals surface area (Å²) >= 11 is 0. The Morgan fingerprint density at radius 1 is 0.256 bits per heavy atom. The highest BCUT2D eigenvalue weighted by molar-refractivity contribution is 5.80. The van der Waals surface area contributed by atoms with E-state index in [4.69, 9.17) is 77.1 Å². The molecule has 39 heteroatoms. The minimum Gasteiger partial charge on any atom is -0.508 e. The van der Waals surface area contributed by atoms with Crippen molar-refractivity contribution in [3.8, 4) is 34.5 Å². The van der Waals surface area contributed by atoms with Crippen molar-refractivity contribution in [3.63, 3.8) is 0 Å². The number of nitrogens with zero attached hydrogens (tertiary/aromatic N) is 9. The van der Waals surface area contributed by atoms with E-state index in [-0.39, 0.29) is 96.4 Å². The first kappa shape index (κ1) is 113. The standard InChI is InChI=1S/4C10H13FN2O2.4C10H13FN2O.C10H13FN2/c1-6(12)13-5-10(15)7-2-8(11)4-9(14)3-7;1-6(12)13-5-10(15)8-4-7(14)2-3-9(8)11;1-6(12)13-3-2-7-4-8(11)5-9(14)10(7)15;1-6(12)13-5-10(15)7-2-3-8(11)9(14)4-7;1-7(12)13-6-10(14)8-2-4-9(11)5-3-8;1-7(12)13-3-2-8-4-9(11)6-10(14)5-8;1-7(12)13-6-10(14)8-3-2-4-9(11)5-8;1-7(12)13-6-10(14)8-4-2-3-5-9(8)11;1-8(12)13-7-6-9-4-2-3-5-10(9)11/h2*2-4,10,14-15H,5H2,1H3,(H2,12,13);4-5,14-15H,2-3H2,1H3,(H2,12,13);2-4,10,14-15H,5H2,1H3,(H2,12,13);2-5,10,14H,6H2,1H3,(H2,12,13);4-6,14H,2-3H2,1H3,(H2,12,13);2*2-5,10,14H,6H2,1H3,(H2,12,13);2-5H,6-7H2,1H3,(H2,12,13)/t2*10-;;2*10-;;2*10-;/m00.00.00./s1/i9*11-1. The summed E-state index contributed by atoms with van der Waals surface area (Å²) in [7, 11) is 0. The lowest BCUT2D eigenvalue weighted by atomic mass is 10.1. The van der Waals surface area contributed by atoms with Crippen molar-refractivity contribution >= 4 is 52.5 Å². The van der Waals surface area contributed by atoms with Crippen LogP contribution in [0.15, 0.2) is 227 Å². The number of aromatic hydroxyl groups is 6. The first-order chi connectivity index (χ1) is 60.6. The SMILES string of the molecule is CC(N)=NCCc1cc(O)cc([18F])c1.CC(N)=NCCc1cc([18F])cc(O)c1O.CC(N)=NCCc1ccccc1[18F].CC(N)=NC[C@H](O)c1cc(O)cc([18F])c1.CC(N)=NC[C@H](O)c1cc(O)ccc1[18F].CC(N)=NC[C@H](O)c1ccc([18F])c(O)c1.CC(N)=NC[C@H](O)c1ccc([18F])cc1.CC(N)=NC[C@H](O)c1cccc([18F])c1.CC(N)=NC[C@H](O)c1ccccc1[18F]. The first-order valence-electron chi connectivity index (χ1n) is 39.2. The summed E-state index contributed by atoms with van der Waals surface area (Å²) in [5.74, 6) is -2.15. The van der Waals surface area contributed by atoms with Crippen LogP contribution in [0.25, 0.3) is 0 Å². The number of aliphatic imine (C=N–C) groups is 9. The highest BCUT2D eigenvalue weighted by atomic mass is 18.2. The number of aliphatic hydroxyl groups is 6. The number of benzene rings is 9. The predicted molar refractivity (Wildman–Crippen MR) is 488 cm³/mol. The van der Waals surface area contributed by atoms with Crippen LogP contribution in [0, 0.1) is 52.4 Å². The van der Waals surface area contributed by atoms with Gasteiger partial charge in [-0.1, -0.05) is 66.7 Å². The van der Waals surface area contributed by atoms with Crippen molar-refractivity contribution < 1.29 is 101 Å². The van der Waals surface area contributed by atoms with Crippen molar-refractivity contribution in [2.45, 2.75) is 118 Å². The fourth-order valence-electron chi connectivity index (χ4n) is 9.83. The van der Waals surface area contributed by atoms with Gasteiger partial charge in [-0.3, -0.25) is 44.9 Å². The molecule has 0 spiro atoms. The van der Waals surface area contributed by atoms with E-state index in [1.54, 1.807) is 98.7 Å². The molecule has 0 aliphatic heterocycles. The molecular weight excluding hydrogens is 1690 g/mol. The van der Waals surface area contributed by atoms with Gasteiger partial charge in [0, 0.05) is 54.5 Å². The highest BCUT2D eigenvalue weighted by Gasteiger charge is 2.17. The van der Waals surface area contributed by atoms with E-state index in [0.717, 1.165) is 42.5 Å². The van der Waals surface area contributed by atoms with E-state index in [2.05, 4.69) is 44.9 Å². The van der Waals surface area contributed by atoms with Gasteiger partial charge in [-0.05, 0) is 212 Å². The van der Waals surface area contributed by atoms with Gasteiger partial charge in [-0.2, -0.15) is 0 Å². The molecule has 9 aromatic carbocycles. The van der Waals surface area contributed by atoms with Crippen molar-refractivity contribution in [1.82, 2.24) is 0 Å². The van der Waals surface area contributed by atoms with E-state index in [0.29, 0.717) is 125 Å². The highest BCUT2D eigenvalue weighted by Crippen LogP contribution is 2.31. The quantitative estimate of drug-likeness (QED) is 0.00984. The molecule has 0 saturated heterocycles. The second-order valence-electron chi connectivity index (χ2n) is 27.9. The molecule has 702 valence electrons. The Kier molecular flexibility index (Phi) is 53.9. The number of rotatable bonds is 27. The number of hydrogen-bond donors (Lipinski definition) is 21. The van der Waals surface area contributed by atoms with Crippen molar-refractivity contribution in [2.75, 3.05) is 58.9 Å². The zero-order valence-electron chi connectivity index (χ0n) is 72.8. The number of nitrogens with two attached hydrogens (primary N) is 9. The zero-order valence-corrected chi connectivity index (χ0v) is 72.8. The monoisotopic (exact) mass is 1800 g/mol. The normalized spacial score (nSPS) is 13.3. The van der Waals surface area contributed by atoms with Gasteiger partial charge in [-0.25, -0.2) is 39.5 Å². The molecule has 0 bridgehead atoms. The van der Waals surface area contributed by atoms with E-state index in [1.165, 1.54) is 97.1 Å². The molecule has 9 rings (SSSR count). The van der Waals surface area contributed by atoms with Gasteiger partial charge >= 0.3 is 0 Å². The fourth-order valence-corrected chi connectivity index (χ4v) is 9.83. The topological polar surface area (TPSA) is 588 Å². The van der Waals surface area contributed by atoms with Gasteiger partial charge in [0.2, 0.25) is 0 Å². The molecule has 0 aliphatic rings. The molecular formula is C90H117F9N18O12. The summed E-state index contributed by atoms with van der Waals surface area (Å²) in [5, 5.41) is 112. The molecule has 129 heavy (non-hydrogen) atoms. The zero-order chi connectivity index (χ0) is 97.6. The van der Waals surface area contributed by atoms with Crippen LogP contribution in [-0.2, 0) is 19.3 Å². The van der Waals surface area contributed by atoms with E-state index in [9.17, 15) is 75.3 Å². The lowest BCUT2D eigenvalue weighted by molar-refractivity contribution is 0.181. The molecule has 0 unspecified atom stereocenters. The molecule has 30 N–H and O–H groups in total.